The van der Waals surface area contributed by atoms with Gasteiger partial charge >= 0.3 is 5.97 Å². The molecule has 1 unspecified atom stereocenters. The number of carbonyl (C=O) groups excluding carboxylic acids is 4. The number of ether oxygens (including phenoxy) is 2. The standard InChI is InChI=1S/C45H34N2O7/c48-38-28-26-33-34(25-27-37(39(33)46-38)52-40(29-15-5-1-6-16-29)30-17-7-2-8-18-30)42(54-47-43(49)35-23-13-14-24-36(35)44(47)50)45(51)53-41(31-19-9-3-10-20-31)32-21-11-4-12-22-32/h1-25,27,40-42H,26,28H2,(H,46,48). The molecule has 2 aliphatic heterocycles. The van der Waals surface area contributed by atoms with Crippen molar-refractivity contribution in [2.45, 2.75) is 31.2 Å². The van der Waals surface area contributed by atoms with Crippen LogP contribution in [-0.2, 0) is 25.6 Å². The Bertz CT molecular complexity index is 2220. The lowest BCUT2D eigenvalue weighted by atomic mass is 9.93. The molecule has 6 aromatic carbocycles. The molecule has 0 fully saturated rings. The summed E-state index contributed by atoms with van der Waals surface area (Å²) in [6.07, 6.45) is -2.63. The summed E-state index contributed by atoms with van der Waals surface area (Å²) in [5.74, 6) is -2.10. The van der Waals surface area contributed by atoms with Crippen LogP contribution in [0.25, 0.3) is 0 Å². The molecule has 1 atom stereocenters. The number of esters is 1. The normalized spacial score (nSPS) is 14.0. The maximum atomic E-state index is 14.6. The van der Waals surface area contributed by atoms with E-state index >= 15 is 0 Å². The van der Waals surface area contributed by atoms with E-state index in [9.17, 15) is 19.2 Å². The van der Waals surface area contributed by atoms with Crippen LogP contribution in [-0.4, -0.2) is 28.8 Å². The minimum atomic E-state index is -1.60. The Balaban J connectivity index is 1.22. The molecule has 6 aromatic rings. The predicted molar refractivity (Wildman–Crippen MR) is 200 cm³/mol. The van der Waals surface area contributed by atoms with Crippen molar-refractivity contribution in [2.75, 3.05) is 5.32 Å². The molecule has 54 heavy (non-hydrogen) atoms. The van der Waals surface area contributed by atoms with Gasteiger partial charge in [0.25, 0.3) is 11.8 Å². The minimum absolute atomic E-state index is 0.121. The Morgan fingerprint density at radius 1 is 0.556 bits per heavy atom. The van der Waals surface area contributed by atoms with Gasteiger partial charge in [-0.1, -0.05) is 140 Å². The van der Waals surface area contributed by atoms with E-state index in [2.05, 4.69) is 5.32 Å². The van der Waals surface area contributed by atoms with Gasteiger partial charge in [0.05, 0.1) is 16.8 Å². The summed E-state index contributed by atoms with van der Waals surface area (Å²) in [5, 5.41) is 3.59. The van der Waals surface area contributed by atoms with Crippen LogP contribution >= 0.6 is 0 Å². The van der Waals surface area contributed by atoms with Crippen LogP contribution < -0.4 is 10.1 Å². The fraction of sp³-hybridized carbons (Fsp3) is 0.111. The van der Waals surface area contributed by atoms with Gasteiger partial charge in [-0.15, -0.1) is 5.06 Å². The summed E-state index contributed by atoms with van der Waals surface area (Å²) in [7, 11) is 0. The third-order valence-corrected chi connectivity index (χ3v) is 9.53. The molecule has 1 N–H and O–H groups in total. The molecule has 3 amide bonds. The van der Waals surface area contributed by atoms with Crippen LogP contribution in [0.2, 0.25) is 0 Å². The molecule has 0 aromatic heterocycles. The second kappa shape index (κ2) is 15.0. The van der Waals surface area contributed by atoms with Crippen LogP contribution in [0.3, 0.4) is 0 Å². The maximum absolute atomic E-state index is 14.6. The average Bonchev–Trinajstić information content (AvgIpc) is 3.46. The van der Waals surface area contributed by atoms with Crippen molar-refractivity contribution in [3.05, 3.63) is 202 Å². The van der Waals surface area contributed by atoms with Crippen molar-refractivity contribution in [3.63, 3.8) is 0 Å². The van der Waals surface area contributed by atoms with E-state index in [1.54, 1.807) is 24.3 Å². The lowest BCUT2D eigenvalue weighted by molar-refractivity contribution is -0.185. The number of carbonyl (C=O) groups is 4. The number of amides is 3. The largest absolute Gasteiger partial charge is 0.479 e. The van der Waals surface area contributed by atoms with Crippen LogP contribution in [0.5, 0.6) is 5.75 Å². The average molecular weight is 715 g/mol. The Hall–Kier alpha value is -6.84. The zero-order chi connectivity index (χ0) is 37.0. The van der Waals surface area contributed by atoms with Gasteiger partial charge in [-0.3, -0.25) is 14.4 Å². The Labute approximate surface area is 311 Å². The number of benzene rings is 6. The number of nitrogens with zero attached hydrogens (tertiary/aromatic N) is 1. The molecule has 0 bridgehead atoms. The van der Waals surface area contributed by atoms with Gasteiger partial charge < -0.3 is 14.8 Å². The first kappa shape index (κ1) is 34.3. The van der Waals surface area contributed by atoms with Crippen LogP contribution in [0, 0.1) is 0 Å². The number of anilines is 1. The fourth-order valence-electron chi connectivity index (χ4n) is 6.90. The van der Waals surface area contributed by atoms with Gasteiger partial charge in [0, 0.05) is 12.0 Å². The third kappa shape index (κ3) is 6.76. The van der Waals surface area contributed by atoms with Gasteiger partial charge in [0.15, 0.2) is 6.10 Å². The number of nitrogens with one attached hydrogen (secondary N) is 1. The topological polar surface area (TPSA) is 111 Å². The number of hydroxylamine groups is 2. The fourth-order valence-corrected chi connectivity index (χ4v) is 6.90. The molecule has 0 spiro atoms. The second-order valence-corrected chi connectivity index (χ2v) is 12.9. The van der Waals surface area contributed by atoms with Crippen molar-refractivity contribution < 1.29 is 33.5 Å². The predicted octanol–water partition coefficient (Wildman–Crippen LogP) is 8.34. The lowest BCUT2D eigenvalue weighted by Gasteiger charge is -2.30. The van der Waals surface area contributed by atoms with E-state index in [1.165, 1.54) is 12.1 Å². The Kier molecular flexibility index (Phi) is 9.53. The van der Waals surface area contributed by atoms with Crippen molar-refractivity contribution in [1.82, 2.24) is 5.06 Å². The van der Waals surface area contributed by atoms with Gasteiger partial charge in [-0.05, 0) is 52.4 Å². The number of fused-ring (bicyclic) bond motifs is 2. The molecule has 0 saturated carbocycles. The van der Waals surface area contributed by atoms with Gasteiger partial charge in [0.1, 0.15) is 11.9 Å². The van der Waals surface area contributed by atoms with E-state index in [-0.39, 0.29) is 29.9 Å². The van der Waals surface area contributed by atoms with Crippen LogP contribution in [0.1, 0.15) is 78.8 Å². The van der Waals surface area contributed by atoms with Crippen LogP contribution in [0.15, 0.2) is 158 Å². The monoisotopic (exact) mass is 714 g/mol. The number of hydrogen-bond acceptors (Lipinski definition) is 7. The summed E-state index contributed by atoms with van der Waals surface area (Å²) in [4.78, 5) is 61.0. The minimum Gasteiger partial charge on any atom is -0.479 e. The number of imide groups is 1. The highest BCUT2D eigenvalue weighted by molar-refractivity contribution is 6.20. The van der Waals surface area contributed by atoms with E-state index in [1.807, 2.05) is 121 Å². The first-order valence-electron chi connectivity index (χ1n) is 17.6. The highest BCUT2D eigenvalue weighted by Gasteiger charge is 2.42. The highest BCUT2D eigenvalue weighted by atomic mass is 16.7. The summed E-state index contributed by atoms with van der Waals surface area (Å²) in [6.45, 7) is 0. The van der Waals surface area contributed by atoms with Gasteiger partial charge in [-0.2, -0.15) is 0 Å². The van der Waals surface area contributed by atoms with Crippen molar-refractivity contribution in [2.24, 2.45) is 0 Å². The molecule has 0 aliphatic carbocycles. The number of rotatable bonds is 11. The molecule has 9 heteroatoms. The van der Waals surface area contributed by atoms with Gasteiger partial charge in [0.2, 0.25) is 12.0 Å². The molecule has 0 radical (unpaired) electrons. The maximum Gasteiger partial charge on any atom is 0.343 e. The van der Waals surface area contributed by atoms with Crippen molar-refractivity contribution >= 4 is 29.4 Å². The molecular formula is C45H34N2O7. The van der Waals surface area contributed by atoms with Crippen LogP contribution in [0.4, 0.5) is 5.69 Å². The van der Waals surface area contributed by atoms with Gasteiger partial charge in [-0.25, -0.2) is 9.63 Å². The first-order valence-corrected chi connectivity index (χ1v) is 17.6. The summed E-state index contributed by atoms with van der Waals surface area (Å²) >= 11 is 0. The molecule has 266 valence electrons. The molecule has 8 rings (SSSR count). The molecule has 9 nitrogen and oxygen atoms in total. The van der Waals surface area contributed by atoms with Crippen molar-refractivity contribution in [3.8, 4) is 5.75 Å². The van der Waals surface area contributed by atoms with Crippen molar-refractivity contribution in [1.29, 1.82) is 0 Å². The second-order valence-electron chi connectivity index (χ2n) is 12.9. The SMILES string of the molecule is O=C1CCc2c(C(ON3C(=O)c4ccccc4C3=O)C(=O)OC(c3ccccc3)c3ccccc3)ccc(OC(c3ccccc3)c3ccccc3)c2N1. The molecule has 2 aliphatic rings. The summed E-state index contributed by atoms with van der Waals surface area (Å²) in [6, 6.07) is 47.7. The summed E-state index contributed by atoms with van der Waals surface area (Å²) in [5.41, 5.74) is 4.77. The Morgan fingerprint density at radius 3 is 1.52 bits per heavy atom. The smallest absolute Gasteiger partial charge is 0.343 e. The van der Waals surface area contributed by atoms with E-state index in [4.69, 9.17) is 14.3 Å². The quantitative estimate of drug-likeness (QED) is 0.106. The Morgan fingerprint density at radius 2 is 1.02 bits per heavy atom. The first-order chi connectivity index (χ1) is 26.5. The summed E-state index contributed by atoms with van der Waals surface area (Å²) < 4.78 is 13.0. The molecule has 2 heterocycles. The van der Waals surface area contributed by atoms with E-state index in [0.717, 1.165) is 11.1 Å². The number of hydrogen-bond donors (Lipinski definition) is 1. The highest BCUT2D eigenvalue weighted by Crippen LogP contribution is 2.43. The molecule has 0 saturated heterocycles. The van der Waals surface area contributed by atoms with E-state index in [0.29, 0.717) is 38.8 Å². The zero-order valence-corrected chi connectivity index (χ0v) is 29.0. The zero-order valence-electron chi connectivity index (χ0n) is 29.0. The molecular weight excluding hydrogens is 681 g/mol. The third-order valence-electron chi connectivity index (χ3n) is 9.53. The van der Waals surface area contributed by atoms with E-state index < -0.39 is 36.1 Å². The lowest BCUT2D eigenvalue weighted by Crippen LogP contribution is -2.36.